The molecule has 0 saturated carbocycles. The van der Waals surface area contributed by atoms with E-state index >= 15 is 0 Å². The highest BCUT2D eigenvalue weighted by atomic mass is 35.5. The maximum atomic E-state index is 12.9. The molecule has 4 N–H and O–H groups in total. The first-order valence-corrected chi connectivity index (χ1v) is 14.6. The molecule has 0 spiro atoms. The Morgan fingerprint density at radius 2 is 1.60 bits per heavy atom. The summed E-state index contributed by atoms with van der Waals surface area (Å²) in [7, 11) is 0. The Morgan fingerprint density at radius 3 is 2.33 bits per heavy atom. The third-order valence-electron chi connectivity index (χ3n) is 6.77. The highest BCUT2D eigenvalue weighted by Crippen LogP contribution is 2.20. The first kappa shape index (κ1) is 32.8. The van der Waals surface area contributed by atoms with Crippen molar-refractivity contribution in [2.45, 2.75) is 57.7 Å². The molecule has 0 aliphatic rings. The number of ether oxygens (including phenoxy) is 2. The summed E-state index contributed by atoms with van der Waals surface area (Å²) < 4.78 is 10.7. The second-order valence-electron chi connectivity index (χ2n) is 10.1. The molecule has 9 nitrogen and oxygen atoms in total. The topological polar surface area (TPSA) is 134 Å². The summed E-state index contributed by atoms with van der Waals surface area (Å²) in [6.45, 7) is 2.14. The quantitative estimate of drug-likeness (QED) is 0.134. The number of halogens is 1. The number of aryl methyl sites for hydroxylation is 2. The number of hydrogen-bond acceptors (Lipinski definition) is 6. The number of unbranched alkanes of at least 4 members (excludes halogenated alkanes) is 3. The van der Waals surface area contributed by atoms with Crippen molar-refractivity contribution in [2.75, 3.05) is 31.6 Å². The molecule has 3 rings (SSSR count). The van der Waals surface area contributed by atoms with Crippen LogP contribution in [0, 0.1) is 6.92 Å². The maximum absolute atomic E-state index is 12.9. The molecule has 3 aromatic rings. The van der Waals surface area contributed by atoms with E-state index in [4.69, 9.17) is 26.2 Å². The number of carboxylic acids is 2. The molecule has 2 atom stereocenters. The Bertz CT molecular complexity index is 1330. The minimum absolute atomic E-state index is 0.103. The monoisotopic (exact) mass is 598 g/mol. The van der Waals surface area contributed by atoms with Crippen molar-refractivity contribution >= 4 is 45.9 Å². The SMILES string of the molecule is Cc1cc(NCCCCOC(C(=O)NCCCCCc2ccc3ccccc3c2)C(OCC(=O)O)C(=O)O)ccc1Cl. The zero-order valence-corrected chi connectivity index (χ0v) is 24.6. The third kappa shape index (κ3) is 11.0. The van der Waals surface area contributed by atoms with Crippen LogP contribution < -0.4 is 10.6 Å². The van der Waals surface area contributed by atoms with Gasteiger partial charge in [0.1, 0.15) is 6.61 Å². The van der Waals surface area contributed by atoms with Crippen molar-refractivity contribution < 1.29 is 34.1 Å². The highest BCUT2D eigenvalue weighted by Gasteiger charge is 2.36. The van der Waals surface area contributed by atoms with Gasteiger partial charge in [0.05, 0.1) is 0 Å². The number of hydrogen-bond donors (Lipinski definition) is 4. The molecule has 3 aromatic carbocycles. The van der Waals surface area contributed by atoms with Gasteiger partial charge < -0.3 is 30.3 Å². The number of fused-ring (bicyclic) bond motifs is 1. The second kappa shape index (κ2) is 17.3. The predicted octanol–water partition coefficient (Wildman–Crippen LogP) is 5.46. The molecule has 0 aliphatic carbocycles. The van der Waals surface area contributed by atoms with E-state index in [-0.39, 0.29) is 6.61 Å². The minimum Gasteiger partial charge on any atom is -0.480 e. The molecule has 0 saturated heterocycles. The van der Waals surface area contributed by atoms with Crippen molar-refractivity contribution in [3.05, 3.63) is 76.8 Å². The van der Waals surface area contributed by atoms with E-state index in [0.29, 0.717) is 37.4 Å². The van der Waals surface area contributed by atoms with Crippen molar-refractivity contribution in [2.24, 2.45) is 0 Å². The van der Waals surface area contributed by atoms with Gasteiger partial charge in [-0.1, -0.05) is 60.5 Å². The van der Waals surface area contributed by atoms with Crippen LogP contribution in [0.4, 0.5) is 5.69 Å². The molecular formula is C32H39ClN2O7. The third-order valence-corrected chi connectivity index (χ3v) is 7.20. The normalized spacial score (nSPS) is 12.5. The summed E-state index contributed by atoms with van der Waals surface area (Å²) in [6, 6.07) is 20.3. The van der Waals surface area contributed by atoms with Crippen LogP contribution in [0.2, 0.25) is 5.02 Å². The molecule has 0 aromatic heterocycles. The molecule has 0 bridgehead atoms. The minimum atomic E-state index is -1.75. The van der Waals surface area contributed by atoms with E-state index in [0.717, 1.165) is 30.5 Å². The fourth-order valence-corrected chi connectivity index (χ4v) is 4.63. The van der Waals surface area contributed by atoms with Gasteiger partial charge in [0.15, 0.2) is 12.2 Å². The molecule has 0 aliphatic heterocycles. The van der Waals surface area contributed by atoms with Gasteiger partial charge in [-0.25, -0.2) is 9.59 Å². The second-order valence-corrected chi connectivity index (χ2v) is 10.5. The van der Waals surface area contributed by atoms with Crippen LogP contribution in [0.25, 0.3) is 10.8 Å². The van der Waals surface area contributed by atoms with Crippen molar-refractivity contribution in [3.63, 3.8) is 0 Å². The Morgan fingerprint density at radius 1 is 0.833 bits per heavy atom. The van der Waals surface area contributed by atoms with Gasteiger partial charge in [-0.2, -0.15) is 0 Å². The van der Waals surface area contributed by atoms with E-state index in [2.05, 4.69) is 41.0 Å². The lowest BCUT2D eigenvalue weighted by molar-refractivity contribution is -0.172. The molecule has 1 amide bonds. The number of amides is 1. The average molecular weight is 599 g/mol. The van der Waals surface area contributed by atoms with Gasteiger partial charge in [0.2, 0.25) is 0 Å². The molecule has 0 radical (unpaired) electrons. The Balaban J connectivity index is 1.43. The highest BCUT2D eigenvalue weighted by molar-refractivity contribution is 6.31. The first-order valence-electron chi connectivity index (χ1n) is 14.2. The van der Waals surface area contributed by atoms with Crippen LogP contribution in [0.5, 0.6) is 0 Å². The molecule has 0 heterocycles. The number of carboxylic acid groups (broad SMARTS) is 2. The van der Waals surface area contributed by atoms with Gasteiger partial charge in [0, 0.05) is 30.4 Å². The van der Waals surface area contributed by atoms with E-state index < -0.39 is 36.7 Å². The molecule has 0 fully saturated rings. The van der Waals surface area contributed by atoms with Crippen LogP contribution >= 0.6 is 11.6 Å². The largest absolute Gasteiger partial charge is 0.480 e. The number of rotatable bonds is 19. The van der Waals surface area contributed by atoms with Gasteiger partial charge in [-0.05, 0) is 79.1 Å². The smallest absolute Gasteiger partial charge is 0.336 e. The average Bonchev–Trinajstić information content (AvgIpc) is 2.96. The Labute approximate surface area is 251 Å². The van der Waals surface area contributed by atoms with Crippen LogP contribution in [-0.2, 0) is 30.3 Å². The zero-order chi connectivity index (χ0) is 30.3. The standard InChI is InChI=1S/C32H39ClN2O7/c1-22-19-26(14-15-27(22)33)34-16-7-8-18-41-29(30(32(39)40)42-21-28(36)37)31(38)35-17-6-2-3-9-23-12-13-24-10-4-5-11-25(24)20-23/h4-5,10-15,19-20,29-30,34H,2-3,6-9,16-18,21H2,1H3,(H,35,38)(H,36,37)(H,39,40). The summed E-state index contributed by atoms with van der Waals surface area (Å²) in [5.74, 6) is -3.45. The summed E-state index contributed by atoms with van der Waals surface area (Å²) in [5.41, 5.74) is 3.15. The first-order chi connectivity index (χ1) is 20.2. The maximum Gasteiger partial charge on any atom is 0.336 e. The summed E-state index contributed by atoms with van der Waals surface area (Å²) >= 11 is 6.06. The molecule has 10 heteroatoms. The number of aliphatic carboxylic acids is 2. The predicted molar refractivity (Wildman–Crippen MR) is 163 cm³/mol. The van der Waals surface area contributed by atoms with Gasteiger partial charge >= 0.3 is 11.9 Å². The van der Waals surface area contributed by atoms with Gasteiger partial charge in [-0.15, -0.1) is 0 Å². The van der Waals surface area contributed by atoms with Crippen LogP contribution in [-0.4, -0.2) is 66.6 Å². The molecule has 2 unspecified atom stereocenters. The van der Waals surface area contributed by atoms with Crippen LogP contribution in [0.1, 0.15) is 43.2 Å². The van der Waals surface area contributed by atoms with E-state index in [1.54, 1.807) is 0 Å². The molecular weight excluding hydrogens is 560 g/mol. The lowest BCUT2D eigenvalue weighted by Gasteiger charge is -2.23. The molecule has 226 valence electrons. The van der Waals surface area contributed by atoms with Gasteiger partial charge in [-0.3, -0.25) is 4.79 Å². The lowest BCUT2D eigenvalue weighted by atomic mass is 10.0. The summed E-state index contributed by atoms with van der Waals surface area (Å²) in [4.78, 5) is 35.7. The number of carbonyl (C=O) groups excluding carboxylic acids is 1. The fraction of sp³-hybridized carbons (Fsp3) is 0.406. The number of nitrogens with one attached hydrogen (secondary N) is 2. The van der Waals surface area contributed by atoms with Gasteiger partial charge in [0.25, 0.3) is 5.91 Å². The van der Waals surface area contributed by atoms with E-state index in [9.17, 15) is 19.5 Å². The Kier molecular flexibility index (Phi) is 13.6. The van der Waals surface area contributed by atoms with Crippen molar-refractivity contribution in [1.29, 1.82) is 0 Å². The van der Waals surface area contributed by atoms with Crippen molar-refractivity contribution in [3.8, 4) is 0 Å². The van der Waals surface area contributed by atoms with Crippen LogP contribution in [0.3, 0.4) is 0 Å². The van der Waals surface area contributed by atoms with Crippen molar-refractivity contribution in [1.82, 2.24) is 5.32 Å². The Hall–Kier alpha value is -3.66. The number of benzene rings is 3. The number of anilines is 1. The summed E-state index contributed by atoms with van der Waals surface area (Å²) in [5, 5.41) is 27.7. The lowest BCUT2D eigenvalue weighted by Crippen LogP contribution is -2.49. The van der Waals surface area contributed by atoms with Crippen LogP contribution in [0.15, 0.2) is 60.7 Å². The zero-order valence-electron chi connectivity index (χ0n) is 23.8. The van der Waals surface area contributed by atoms with E-state index in [1.807, 2.05) is 37.3 Å². The number of carbonyl (C=O) groups is 3. The summed E-state index contributed by atoms with van der Waals surface area (Å²) in [6.07, 6.45) is 1.45. The molecule has 42 heavy (non-hydrogen) atoms. The van der Waals surface area contributed by atoms with E-state index in [1.165, 1.54) is 16.3 Å². The fourth-order valence-electron chi connectivity index (χ4n) is 4.51.